The molecule has 2 aromatic rings. The van der Waals surface area contributed by atoms with Gasteiger partial charge in [-0.05, 0) is 74.0 Å². The van der Waals surface area contributed by atoms with Crippen molar-refractivity contribution in [1.29, 1.82) is 0 Å². The quantitative estimate of drug-likeness (QED) is 0.771. The molecule has 4 rings (SSSR count). The monoisotopic (exact) mass is 396 g/mol. The van der Waals surface area contributed by atoms with Crippen LogP contribution in [0.1, 0.15) is 59.5 Å². The van der Waals surface area contributed by atoms with E-state index in [0.717, 1.165) is 49.9 Å². The van der Waals surface area contributed by atoms with E-state index in [1.807, 2.05) is 24.3 Å². The van der Waals surface area contributed by atoms with Crippen molar-refractivity contribution in [3.05, 3.63) is 65.0 Å². The van der Waals surface area contributed by atoms with Crippen molar-refractivity contribution in [3.8, 4) is 5.75 Å². The Hall–Kier alpha value is -2.40. The van der Waals surface area contributed by atoms with Gasteiger partial charge in [-0.2, -0.15) is 0 Å². The Labute approximate surface area is 171 Å². The van der Waals surface area contributed by atoms with E-state index in [2.05, 4.69) is 10.6 Å². The zero-order valence-corrected chi connectivity index (χ0v) is 17.0. The number of ether oxygens (including phenoxy) is 1. The van der Waals surface area contributed by atoms with Crippen LogP contribution in [0.25, 0.3) is 0 Å². The number of piperidine rings is 1. The maximum Gasteiger partial charge on any atom is 0.255 e. The van der Waals surface area contributed by atoms with Gasteiger partial charge in [0.1, 0.15) is 11.6 Å². The maximum atomic E-state index is 13.9. The second-order valence-electron chi connectivity index (χ2n) is 8.28. The summed E-state index contributed by atoms with van der Waals surface area (Å²) in [4.78, 5) is 13.3. The van der Waals surface area contributed by atoms with Gasteiger partial charge in [0.05, 0.1) is 12.7 Å². The van der Waals surface area contributed by atoms with Gasteiger partial charge in [0, 0.05) is 12.0 Å². The van der Waals surface area contributed by atoms with Crippen molar-refractivity contribution in [3.63, 3.8) is 0 Å². The highest BCUT2D eigenvalue weighted by molar-refractivity contribution is 5.98. The molecule has 2 aromatic carbocycles. The van der Waals surface area contributed by atoms with Gasteiger partial charge in [0.25, 0.3) is 5.91 Å². The molecule has 1 amide bonds. The standard InChI is InChI=1S/C24H29FN2O2/c1-29-21-10-4-9-20(17-5-2-6-17)22(21)23(28)27-16-24(11-13-26-14-12-24)18-7-3-8-19(25)15-18/h3-4,7-10,15,17,26H,2,5-6,11-14,16H2,1H3,(H,27,28). The minimum absolute atomic E-state index is 0.0985. The summed E-state index contributed by atoms with van der Waals surface area (Å²) in [5.41, 5.74) is 2.43. The summed E-state index contributed by atoms with van der Waals surface area (Å²) < 4.78 is 19.4. The molecule has 1 heterocycles. The van der Waals surface area contributed by atoms with Gasteiger partial charge in [-0.15, -0.1) is 0 Å². The third kappa shape index (κ3) is 4.01. The van der Waals surface area contributed by atoms with Crippen LogP contribution in [0, 0.1) is 5.82 Å². The Morgan fingerprint density at radius 3 is 2.62 bits per heavy atom. The minimum atomic E-state index is -0.262. The predicted molar refractivity (Wildman–Crippen MR) is 112 cm³/mol. The Bertz CT molecular complexity index is 873. The minimum Gasteiger partial charge on any atom is -0.496 e. The highest BCUT2D eigenvalue weighted by atomic mass is 19.1. The molecule has 2 fully saturated rings. The van der Waals surface area contributed by atoms with Crippen LogP contribution in [-0.2, 0) is 5.41 Å². The summed E-state index contributed by atoms with van der Waals surface area (Å²) >= 11 is 0. The number of benzene rings is 2. The number of halogens is 1. The Kier molecular flexibility index (Phi) is 5.86. The van der Waals surface area contributed by atoms with E-state index in [-0.39, 0.29) is 17.1 Å². The summed E-state index contributed by atoms with van der Waals surface area (Å²) in [5.74, 6) is 0.723. The van der Waals surface area contributed by atoms with Gasteiger partial charge in [-0.1, -0.05) is 30.7 Å². The number of carbonyl (C=O) groups is 1. The van der Waals surface area contributed by atoms with E-state index < -0.39 is 0 Å². The van der Waals surface area contributed by atoms with Crippen LogP contribution in [0.4, 0.5) is 4.39 Å². The molecule has 5 heteroatoms. The van der Waals surface area contributed by atoms with Crippen LogP contribution < -0.4 is 15.4 Å². The average molecular weight is 397 g/mol. The molecule has 154 valence electrons. The van der Waals surface area contributed by atoms with E-state index in [1.165, 1.54) is 12.5 Å². The lowest BCUT2D eigenvalue weighted by Gasteiger charge is -2.38. The van der Waals surface area contributed by atoms with Crippen LogP contribution in [0.15, 0.2) is 42.5 Å². The van der Waals surface area contributed by atoms with Crippen molar-refractivity contribution >= 4 is 5.91 Å². The zero-order chi connectivity index (χ0) is 20.3. The smallest absolute Gasteiger partial charge is 0.255 e. The van der Waals surface area contributed by atoms with Crippen molar-refractivity contribution in [1.82, 2.24) is 10.6 Å². The average Bonchev–Trinajstić information content (AvgIpc) is 2.71. The van der Waals surface area contributed by atoms with Gasteiger partial charge in [0.2, 0.25) is 0 Å². The Balaban J connectivity index is 1.59. The molecule has 0 atom stereocenters. The molecule has 2 aliphatic rings. The number of hydrogen-bond acceptors (Lipinski definition) is 3. The molecule has 1 aliphatic heterocycles. The maximum absolute atomic E-state index is 13.9. The zero-order valence-electron chi connectivity index (χ0n) is 17.0. The van der Waals surface area contributed by atoms with Crippen LogP contribution in [0.5, 0.6) is 5.75 Å². The molecule has 1 aliphatic carbocycles. The molecule has 0 aromatic heterocycles. The van der Waals surface area contributed by atoms with E-state index in [0.29, 0.717) is 23.8 Å². The molecular formula is C24H29FN2O2. The number of carbonyl (C=O) groups excluding carboxylic acids is 1. The van der Waals surface area contributed by atoms with Crippen LogP contribution in [0.3, 0.4) is 0 Å². The second-order valence-corrected chi connectivity index (χ2v) is 8.28. The topological polar surface area (TPSA) is 50.4 Å². The van der Waals surface area contributed by atoms with Crippen LogP contribution >= 0.6 is 0 Å². The molecule has 1 saturated heterocycles. The molecule has 1 saturated carbocycles. The summed E-state index contributed by atoms with van der Waals surface area (Å²) in [6.07, 6.45) is 5.16. The summed E-state index contributed by atoms with van der Waals surface area (Å²) in [5, 5.41) is 6.55. The molecule has 4 nitrogen and oxygen atoms in total. The van der Waals surface area contributed by atoms with Crippen molar-refractivity contribution in [2.24, 2.45) is 0 Å². The van der Waals surface area contributed by atoms with Crippen molar-refractivity contribution in [2.45, 2.75) is 43.4 Å². The lowest BCUT2D eigenvalue weighted by atomic mass is 9.73. The molecule has 2 N–H and O–H groups in total. The number of rotatable bonds is 6. The third-order valence-electron chi connectivity index (χ3n) is 6.64. The van der Waals surface area contributed by atoms with E-state index >= 15 is 0 Å². The normalized spacial score (nSPS) is 18.7. The van der Waals surface area contributed by atoms with Crippen LogP contribution in [0.2, 0.25) is 0 Å². The molecule has 0 spiro atoms. The second kappa shape index (κ2) is 8.54. The molecular weight excluding hydrogens is 367 g/mol. The fraction of sp³-hybridized carbons (Fsp3) is 0.458. The van der Waals surface area contributed by atoms with Gasteiger partial charge in [-0.3, -0.25) is 4.79 Å². The highest BCUT2D eigenvalue weighted by Crippen LogP contribution is 2.40. The first kappa shape index (κ1) is 19.9. The number of methoxy groups -OCH3 is 1. The van der Waals surface area contributed by atoms with Crippen LogP contribution in [-0.4, -0.2) is 32.7 Å². The molecule has 0 unspecified atom stereocenters. The van der Waals surface area contributed by atoms with E-state index in [4.69, 9.17) is 4.74 Å². The largest absolute Gasteiger partial charge is 0.496 e. The van der Waals surface area contributed by atoms with Gasteiger partial charge in [0.15, 0.2) is 0 Å². The van der Waals surface area contributed by atoms with E-state index in [1.54, 1.807) is 19.2 Å². The first-order valence-electron chi connectivity index (χ1n) is 10.5. The van der Waals surface area contributed by atoms with Crippen molar-refractivity contribution in [2.75, 3.05) is 26.7 Å². The summed E-state index contributed by atoms with van der Waals surface area (Å²) in [6, 6.07) is 12.7. The first-order valence-corrected chi connectivity index (χ1v) is 10.5. The van der Waals surface area contributed by atoms with Gasteiger partial charge in [-0.25, -0.2) is 4.39 Å². The Morgan fingerprint density at radius 1 is 1.21 bits per heavy atom. The highest BCUT2D eigenvalue weighted by Gasteiger charge is 2.35. The SMILES string of the molecule is COc1cccc(C2CCC2)c1C(=O)NCC1(c2cccc(F)c2)CCNCC1. The Morgan fingerprint density at radius 2 is 1.97 bits per heavy atom. The summed E-state index contributed by atoms with van der Waals surface area (Å²) in [7, 11) is 1.61. The third-order valence-corrected chi connectivity index (χ3v) is 6.64. The van der Waals surface area contributed by atoms with Crippen molar-refractivity contribution < 1.29 is 13.9 Å². The number of amides is 1. The fourth-order valence-corrected chi connectivity index (χ4v) is 4.65. The van der Waals surface area contributed by atoms with Gasteiger partial charge >= 0.3 is 0 Å². The predicted octanol–water partition coefficient (Wildman–Crippen LogP) is 4.15. The lowest BCUT2D eigenvalue weighted by Crippen LogP contribution is -2.47. The molecule has 0 bridgehead atoms. The summed E-state index contributed by atoms with van der Waals surface area (Å²) in [6.45, 7) is 2.20. The first-order chi connectivity index (χ1) is 14.1. The molecule has 0 radical (unpaired) electrons. The fourth-order valence-electron chi connectivity index (χ4n) is 4.65. The van der Waals surface area contributed by atoms with Gasteiger partial charge < -0.3 is 15.4 Å². The number of hydrogen-bond donors (Lipinski definition) is 2. The van der Waals surface area contributed by atoms with E-state index in [9.17, 15) is 9.18 Å². The number of nitrogens with one attached hydrogen (secondary N) is 2. The lowest BCUT2D eigenvalue weighted by molar-refractivity contribution is 0.0932. The molecule has 29 heavy (non-hydrogen) atoms.